The van der Waals surface area contributed by atoms with Crippen LogP contribution in [0.25, 0.3) is 0 Å². The molecule has 0 amide bonds. The van der Waals surface area contributed by atoms with E-state index in [1.807, 2.05) is 0 Å². The van der Waals surface area contributed by atoms with E-state index >= 15 is 0 Å². The van der Waals surface area contributed by atoms with Crippen molar-refractivity contribution in [3.8, 4) is 11.5 Å². The first-order valence-electron chi connectivity index (χ1n) is 5.83. The second-order valence-corrected chi connectivity index (χ2v) is 9.37. The lowest BCUT2D eigenvalue weighted by atomic mass is 10.2. The molecule has 1 aliphatic rings. The van der Waals surface area contributed by atoms with Crippen molar-refractivity contribution in [2.24, 2.45) is 0 Å². The van der Waals surface area contributed by atoms with Crippen LogP contribution in [-0.2, 0) is 10.0 Å². The van der Waals surface area contributed by atoms with Gasteiger partial charge in [-0.2, -0.15) is 0 Å². The van der Waals surface area contributed by atoms with Gasteiger partial charge >= 0.3 is 0 Å². The minimum atomic E-state index is -3.63. The fourth-order valence-electron chi connectivity index (χ4n) is 1.78. The van der Waals surface area contributed by atoms with Gasteiger partial charge in [-0.15, -0.1) is 11.3 Å². The largest absolute Gasteiger partial charge is 0.486 e. The number of hydrogen-bond acceptors (Lipinski definition) is 5. The molecule has 3 rings (SSSR count). The molecular weight excluding hydrogens is 446 g/mol. The van der Waals surface area contributed by atoms with Crippen molar-refractivity contribution >= 4 is 58.9 Å². The Morgan fingerprint density at radius 2 is 1.76 bits per heavy atom. The first-order valence-corrected chi connectivity index (χ1v) is 9.71. The minimum absolute atomic E-state index is 0.233. The normalized spacial score (nSPS) is 14.0. The Balaban J connectivity index is 1.94. The summed E-state index contributed by atoms with van der Waals surface area (Å²) in [7, 11) is -3.63. The van der Waals surface area contributed by atoms with Crippen LogP contribution in [0.15, 0.2) is 36.7 Å². The monoisotopic (exact) mass is 453 g/mol. The molecule has 2 aromatic rings. The van der Waals surface area contributed by atoms with Crippen LogP contribution >= 0.6 is 43.2 Å². The molecule has 0 aliphatic carbocycles. The molecule has 0 atom stereocenters. The summed E-state index contributed by atoms with van der Waals surface area (Å²) in [5, 5.41) is 0. The van der Waals surface area contributed by atoms with Gasteiger partial charge in [0.15, 0.2) is 11.5 Å². The first kappa shape index (κ1) is 15.1. The molecule has 5 nitrogen and oxygen atoms in total. The lowest BCUT2D eigenvalue weighted by Crippen LogP contribution is -2.16. The number of ether oxygens (including phenoxy) is 2. The van der Waals surface area contributed by atoms with E-state index in [-0.39, 0.29) is 4.21 Å². The molecule has 0 saturated heterocycles. The maximum atomic E-state index is 12.3. The van der Waals surface area contributed by atoms with Crippen molar-refractivity contribution in [3.63, 3.8) is 0 Å². The molecule has 0 spiro atoms. The molecular formula is C12H9Br2NO4S2. The molecule has 9 heteroatoms. The summed E-state index contributed by atoms with van der Waals surface area (Å²) in [6, 6.07) is 6.54. The van der Waals surface area contributed by atoms with Crippen LogP contribution in [0, 0.1) is 0 Å². The number of hydrogen-bond donors (Lipinski definition) is 1. The third-order valence-corrected chi connectivity index (χ3v) is 6.83. The van der Waals surface area contributed by atoms with E-state index in [0.29, 0.717) is 34.9 Å². The number of rotatable bonds is 3. The quantitative estimate of drug-likeness (QED) is 0.764. The number of sulfonamides is 1. The summed E-state index contributed by atoms with van der Waals surface area (Å²) in [5.41, 5.74) is 0.406. The van der Waals surface area contributed by atoms with Crippen LogP contribution in [-0.4, -0.2) is 21.6 Å². The molecule has 112 valence electrons. The summed E-state index contributed by atoms with van der Waals surface area (Å²) in [5.74, 6) is 1.12. The van der Waals surface area contributed by atoms with Crippen molar-refractivity contribution in [2.75, 3.05) is 17.9 Å². The molecule has 1 aromatic carbocycles. The molecule has 0 fully saturated rings. The molecule has 0 radical (unpaired) electrons. The fourth-order valence-corrected chi connectivity index (χ4v) is 5.41. The number of fused-ring (bicyclic) bond motifs is 1. The smallest absolute Gasteiger partial charge is 0.271 e. The first-order chi connectivity index (χ1) is 9.95. The van der Waals surface area contributed by atoms with E-state index in [9.17, 15) is 8.42 Å². The van der Waals surface area contributed by atoms with Gasteiger partial charge in [0.1, 0.15) is 17.4 Å². The van der Waals surface area contributed by atoms with Crippen LogP contribution in [0.5, 0.6) is 11.5 Å². The van der Waals surface area contributed by atoms with Crippen molar-refractivity contribution in [1.82, 2.24) is 0 Å². The van der Waals surface area contributed by atoms with Gasteiger partial charge in [0.05, 0.1) is 9.47 Å². The number of benzene rings is 1. The average Bonchev–Trinajstić information content (AvgIpc) is 2.87. The number of thiophene rings is 1. The number of nitrogens with one attached hydrogen (secondary N) is 1. The minimum Gasteiger partial charge on any atom is -0.486 e. The molecule has 21 heavy (non-hydrogen) atoms. The SMILES string of the molecule is O=S(=O)(Nc1cc2c(cc1Br)OCCO2)c1ccc(Br)s1. The Labute approximate surface area is 142 Å². The molecule has 2 heterocycles. The van der Waals surface area contributed by atoms with E-state index in [2.05, 4.69) is 36.6 Å². The molecule has 1 aliphatic heterocycles. The Morgan fingerprint density at radius 1 is 1.10 bits per heavy atom. The zero-order valence-electron chi connectivity index (χ0n) is 10.4. The summed E-state index contributed by atoms with van der Waals surface area (Å²) in [4.78, 5) is 0. The van der Waals surface area contributed by atoms with E-state index in [1.165, 1.54) is 0 Å². The predicted molar refractivity (Wildman–Crippen MR) is 88.0 cm³/mol. The van der Waals surface area contributed by atoms with Gasteiger partial charge in [-0.25, -0.2) is 8.42 Å². The Morgan fingerprint density at radius 3 is 2.38 bits per heavy atom. The van der Waals surface area contributed by atoms with Gasteiger partial charge in [-0.05, 0) is 44.0 Å². The highest BCUT2D eigenvalue weighted by Gasteiger charge is 2.21. The number of anilines is 1. The Bertz CT molecular complexity index is 789. The summed E-state index contributed by atoms with van der Waals surface area (Å²) < 4.78 is 39.7. The molecule has 1 aromatic heterocycles. The van der Waals surface area contributed by atoms with Gasteiger partial charge in [0.2, 0.25) is 0 Å². The van der Waals surface area contributed by atoms with Crippen LogP contribution in [0.1, 0.15) is 0 Å². The van der Waals surface area contributed by atoms with E-state index in [4.69, 9.17) is 9.47 Å². The second-order valence-electron chi connectivity index (χ2n) is 4.14. The summed E-state index contributed by atoms with van der Waals surface area (Å²) in [6.45, 7) is 0.923. The van der Waals surface area contributed by atoms with E-state index in [0.717, 1.165) is 15.1 Å². The standard InChI is InChI=1S/C12H9Br2NO4S2/c13-7-5-9-10(19-4-3-18-9)6-8(7)15-21(16,17)12-2-1-11(14)20-12/h1-2,5-6,15H,3-4H2. The summed E-state index contributed by atoms with van der Waals surface area (Å²) >= 11 is 7.74. The van der Waals surface area contributed by atoms with Crippen molar-refractivity contribution in [2.45, 2.75) is 4.21 Å². The van der Waals surface area contributed by atoms with E-state index < -0.39 is 10.0 Å². The maximum Gasteiger partial charge on any atom is 0.271 e. The fraction of sp³-hybridized carbons (Fsp3) is 0.167. The van der Waals surface area contributed by atoms with Crippen LogP contribution in [0.2, 0.25) is 0 Å². The zero-order chi connectivity index (χ0) is 15.0. The second kappa shape index (κ2) is 5.79. The predicted octanol–water partition coefficient (Wildman–Crippen LogP) is 3.85. The lowest BCUT2D eigenvalue weighted by molar-refractivity contribution is 0.171. The Hall–Kier alpha value is -0.770. The highest BCUT2D eigenvalue weighted by atomic mass is 79.9. The van der Waals surface area contributed by atoms with Gasteiger partial charge in [0, 0.05) is 16.6 Å². The molecule has 0 bridgehead atoms. The Kier molecular flexibility index (Phi) is 4.17. The maximum absolute atomic E-state index is 12.3. The zero-order valence-corrected chi connectivity index (χ0v) is 15.2. The third-order valence-electron chi connectivity index (χ3n) is 2.69. The van der Waals surface area contributed by atoms with Crippen molar-refractivity contribution in [1.29, 1.82) is 0 Å². The summed E-state index contributed by atoms with van der Waals surface area (Å²) in [6.07, 6.45) is 0. The lowest BCUT2D eigenvalue weighted by Gasteiger charge is -2.20. The highest BCUT2D eigenvalue weighted by Crippen LogP contribution is 2.39. The molecule has 0 saturated carbocycles. The van der Waals surface area contributed by atoms with Crippen LogP contribution in [0.3, 0.4) is 0 Å². The third kappa shape index (κ3) is 3.20. The van der Waals surface area contributed by atoms with Gasteiger partial charge in [-0.1, -0.05) is 0 Å². The van der Waals surface area contributed by atoms with Crippen molar-refractivity contribution < 1.29 is 17.9 Å². The average molecular weight is 455 g/mol. The number of halogens is 2. The highest BCUT2D eigenvalue weighted by molar-refractivity contribution is 9.11. The van der Waals surface area contributed by atoms with Crippen LogP contribution < -0.4 is 14.2 Å². The van der Waals surface area contributed by atoms with Crippen molar-refractivity contribution in [3.05, 3.63) is 32.5 Å². The van der Waals surface area contributed by atoms with Gasteiger partial charge in [-0.3, -0.25) is 4.72 Å². The molecule has 0 unspecified atom stereocenters. The molecule has 1 N–H and O–H groups in total. The van der Waals surface area contributed by atoms with Gasteiger partial charge in [0.25, 0.3) is 10.0 Å². The van der Waals surface area contributed by atoms with Gasteiger partial charge < -0.3 is 9.47 Å². The van der Waals surface area contributed by atoms with Crippen LogP contribution in [0.4, 0.5) is 5.69 Å². The topological polar surface area (TPSA) is 64.6 Å². The van der Waals surface area contributed by atoms with E-state index in [1.54, 1.807) is 24.3 Å².